The minimum Gasteiger partial charge on any atom is -0.485 e. The molecular weight excluding hydrogens is 364 g/mol. The second kappa shape index (κ2) is 6.84. The van der Waals surface area contributed by atoms with E-state index in [0.29, 0.717) is 23.5 Å². The second-order valence-electron chi connectivity index (χ2n) is 8.07. The maximum Gasteiger partial charge on any atom is 0.342 e. The van der Waals surface area contributed by atoms with E-state index in [9.17, 15) is 4.79 Å². The van der Waals surface area contributed by atoms with Crippen molar-refractivity contribution in [3.8, 4) is 0 Å². The van der Waals surface area contributed by atoms with Crippen LogP contribution in [0.25, 0.3) is 5.57 Å². The van der Waals surface area contributed by atoms with Gasteiger partial charge in [-0.3, -0.25) is 0 Å². The molecule has 4 rings (SSSR count). The molecule has 7 nitrogen and oxygen atoms in total. The van der Waals surface area contributed by atoms with Crippen LogP contribution in [0.15, 0.2) is 36.1 Å². The molecule has 28 heavy (non-hydrogen) atoms. The summed E-state index contributed by atoms with van der Waals surface area (Å²) in [7, 11) is 1.35. The van der Waals surface area contributed by atoms with Crippen molar-refractivity contribution in [1.29, 1.82) is 0 Å². The molecule has 0 bridgehead atoms. The maximum atomic E-state index is 12.7. The molecule has 3 aliphatic heterocycles. The van der Waals surface area contributed by atoms with Gasteiger partial charge in [-0.1, -0.05) is 30.3 Å². The summed E-state index contributed by atoms with van der Waals surface area (Å²) in [6.07, 6.45) is -1.77. The van der Waals surface area contributed by atoms with E-state index >= 15 is 0 Å². The molecule has 0 amide bonds. The van der Waals surface area contributed by atoms with Gasteiger partial charge in [0.2, 0.25) is 0 Å². The predicted octanol–water partition coefficient (Wildman–Crippen LogP) is 2.64. The number of hydrogen-bond donors (Lipinski definition) is 0. The van der Waals surface area contributed by atoms with E-state index < -0.39 is 35.9 Å². The molecule has 1 aromatic carbocycles. The number of methoxy groups -OCH3 is 1. The zero-order valence-corrected chi connectivity index (χ0v) is 16.8. The van der Waals surface area contributed by atoms with Crippen LogP contribution in [-0.2, 0) is 33.2 Å². The zero-order valence-electron chi connectivity index (χ0n) is 16.8. The number of rotatable bonds is 3. The topological polar surface area (TPSA) is 72.5 Å². The van der Waals surface area contributed by atoms with Gasteiger partial charge in [0.15, 0.2) is 17.7 Å². The molecular formula is C21H26O7. The van der Waals surface area contributed by atoms with Crippen molar-refractivity contribution < 1.29 is 33.2 Å². The van der Waals surface area contributed by atoms with Crippen molar-refractivity contribution in [2.24, 2.45) is 0 Å². The summed E-state index contributed by atoms with van der Waals surface area (Å²) in [5, 5.41) is 0. The minimum atomic E-state index is -0.810. The summed E-state index contributed by atoms with van der Waals surface area (Å²) >= 11 is 0. The van der Waals surface area contributed by atoms with Crippen LogP contribution >= 0.6 is 0 Å². The van der Waals surface area contributed by atoms with Gasteiger partial charge >= 0.3 is 5.97 Å². The first-order chi connectivity index (χ1) is 13.2. The largest absolute Gasteiger partial charge is 0.485 e. The van der Waals surface area contributed by atoms with E-state index in [-0.39, 0.29) is 6.10 Å². The van der Waals surface area contributed by atoms with E-state index in [1.54, 1.807) is 0 Å². The van der Waals surface area contributed by atoms with Crippen molar-refractivity contribution in [2.75, 3.05) is 13.7 Å². The van der Waals surface area contributed by atoms with Crippen LogP contribution in [0.3, 0.4) is 0 Å². The molecule has 3 heterocycles. The third-order valence-corrected chi connectivity index (χ3v) is 5.07. The Hall–Kier alpha value is -1.93. The molecule has 0 spiro atoms. The van der Waals surface area contributed by atoms with Crippen LogP contribution < -0.4 is 0 Å². The van der Waals surface area contributed by atoms with Gasteiger partial charge in [0.05, 0.1) is 13.7 Å². The fourth-order valence-electron chi connectivity index (χ4n) is 3.95. The Labute approximate surface area is 164 Å². The van der Waals surface area contributed by atoms with Gasteiger partial charge in [0.1, 0.15) is 29.6 Å². The van der Waals surface area contributed by atoms with Crippen LogP contribution in [0.1, 0.15) is 33.3 Å². The second-order valence-corrected chi connectivity index (χ2v) is 8.07. The molecule has 3 fully saturated rings. The number of ether oxygens (including phenoxy) is 6. The number of carbonyl (C=O) groups is 1. The molecule has 0 saturated carbocycles. The van der Waals surface area contributed by atoms with Gasteiger partial charge in [-0.15, -0.1) is 0 Å². The van der Waals surface area contributed by atoms with Gasteiger partial charge in [0.25, 0.3) is 0 Å². The summed E-state index contributed by atoms with van der Waals surface area (Å²) in [6.45, 7) is 7.77. The quantitative estimate of drug-likeness (QED) is 0.580. The van der Waals surface area contributed by atoms with Crippen LogP contribution in [0.2, 0.25) is 0 Å². The van der Waals surface area contributed by atoms with Gasteiger partial charge in [-0.25, -0.2) is 4.79 Å². The molecule has 0 aliphatic carbocycles. The number of esters is 1. The molecule has 0 N–H and O–H groups in total. The fourth-order valence-corrected chi connectivity index (χ4v) is 3.95. The summed E-state index contributed by atoms with van der Waals surface area (Å²) in [5.74, 6) is -1.59. The highest BCUT2D eigenvalue weighted by Gasteiger charge is 2.59. The molecule has 3 saturated heterocycles. The lowest BCUT2D eigenvalue weighted by atomic mass is 10.00. The Morgan fingerprint density at radius 1 is 1.00 bits per heavy atom. The van der Waals surface area contributed by atoms with Crippen molar-refractivity contribution in [3.05, 3.63) is 41.7 Å². The van der Waals surface area contributed by atoms with Crippen molar-refractivity contribution in [3.63, 3.8) is 0 Å². The first-order valence-electron chi connectivity index (χ1n) is 9.43. The molecule has 4 atom stereocenters. The van der Waals surface area contributed by atoms with E-state index in [4.69, 9.17) is 28.4 Å². The summed E-state index contributed by atoms with van der Waals surface area (Å²) in [6, 6.07) is 9.27. The normalized spacial score (nSPS) is 34.6. The monoisotopic (exact) mass is 390 g/mol. The number of hydrogen-bond acceptors (Lipinski definition) is 7. The lowest BCUT2D eigenvalue weighted by Crippen LogP contribution is -2.40. The Balaban J connectivity index is 1.77. The predicted molar refractivity (Wildman–Crippen MR) is 99.0 cm³/mol. The average molecular weight is 390 g/mol. The zero-order chi connectivity index (χ0) is 20.1. The molecule has 0 aromatic heterocycles. The molecule has 1 aromatic rings. The summed E-state index contributed by atoms with van der Waals surface area (Å²) in [5.41, 5.74) is 1.03. The van der Waals surface area contributed by atoms with E-state index in [2.05, 4.69) is 0 Å². The SMILES string of the molecule is COC(=O)/C(=C1\O[C@@H]([C@H]2COC(C)(C)O2)[C@H]2OC(C)(C)O[C@@H]12)c1ccccc1. The third kappa shape index (κ3) is 3.43. The number of fused-ring (bicyclic) bond motifs is 1. The van der Waals surface area contributed by atoms with Gasteiger partial charge in [-0.05, 0) is 33.3 Å². The Morgan fingerprint density at radius 3 is 2.32 bits per heavy atom. The molecule has 0 radical (unpaired) electrons. The van der Waals surface area contributed by atoms with Crippen LogP contribution in [0.5, 0.6) is 0 Å². The highest BCUT2D eigenvalue weighted by molar-refractivity contribution is 6.17. The molecule has 152 valence electrons. The molecule has 0 unspecified atom stereocenters. The van der Waals surface area contributed by atoms with Gasteiger partial charge in [0, 0.05) is 0 Å². The lowest BCUT2D eigenvalue weighted by Gasteiger charge is -2.26. The summed E-state index contributed by atoms with van der Waals surface area (Å²) in [4.78, 5) is 12.7. The van der Waals surface area contributed by atoms with Crippen molar-refractivity contribution in [2.45, 2.75) is 63.7 Å². The molecule has 3 aliphatic rings. The molecule has 7 heteroatoms. The third-order valence-electron chi connectivity index (χ3n) is 5.07. The van der Waals surface area contributed by atoms with Crippen molar-refractivity contribution in [1.82, 2.24) is 0 Å². The first kappa shape index (κ1) is 19.4. The average Bonchev–Trinajstić information content (AvgIpc) is 3.26. The maximum absolute atomic E-state index is 12.7. The van der Waals surface area contributed by atoms with Gasteiger partial charge < -0.3 is 28.4 Å². The highest BCUT2D eigenvalue weighted by Crippen LogP contribution is 2.46. The Morgan fingerprint density at radius 2 is 1.71 bits per heavy atom. The smallest absolute Gasteiger partial charge is 0.342 e. The lowest BCUT2D eigenvalue weighted by molar-refractivity contribution is -0.187. The van der Waals surface area contributed by atoms with Crippen LogP contribution in [-0.4, -0.2) is 55.7 Å². The van der Waals surface area contributed by atoms with Crippen LogP contribution in [0, 0.1) is 0 Å². The van der Waals surface area contributed by atoms with Crippen LogP contribution in [0.4, 0.5) is 0 Å². The fraction of sp³-hybridized carbons (Fsp3) is 0.571. The minimum absolute atomic E-state index is 0.333. The Bertz CT molecular complexity index is 783. The van der Waals surface area contributed by atoms with E-state index in [1.807, 2.05) is 58.0 Å². The van der Waals surface area contributed by atoms with E-state index in [1.165, 1.54) is 7.11 Å². The van der Waals surface area contributed by atoms with Gasteiger partial charge in [-0.2, -0.15) is 0 Å². The van der Waals surface area contributed by atoms with E-state index in [0.717, 1.165) is 0 Å². The standard InChI is InChI=1S/C21H26O7/c1-20(2)24-11-13(26-20)15-17-18(28-21(3,4)27-17)16(25-15)14(19(22)23-5)12-9-7-6-8-10-12/h6-10,13,15,17-18H,11H2,1-5H3/b16-14-/t13-,15+,17-,18+/m1/s1. The first-order valence-corrected chi connectivity index (χ1v) is 9.43. The van der Waals surface area contributed by atoms with Crippen molar-refractivity contribution >= 4 is 11.5 Å². The summed E-state index contributed by atoms with van der Waals surface area (Å²) < 4.78 is 35.3. The Kier molecular flexibility index (Phi) is 4.74. The number of carbonyl (C=O) groups excluding carboxylic acids is 1. The number of benzene rings is 1. The highest BCUT2D eigenvalue weighted by atomic mass is 16.8.